The van der Waals surface area contributed by atoms with Crippen LogP contribution in [0.4, 0.5) is 0 Å². The number of likely N-dealkylation sites (tertiary alicyclic amines) is 1. The molecule has 0 spiro atoms. The summed E-state index contributed by atoms with van der Waals surface area (Å²) in [6, 6.07) is 3.27. The molecule has 1 aromatic heterocycles. The molecule has 1 aliphatic rings. The molecule has 4 atom stereocenters. The van der Waals surface area contributed by atoms with Crippen molar-refractivity contribution in [1.82, 2.24) is 20.5 Å². The van der Waals surface area contributed by atoms with E-state index in [2.05, 4.69) is 20.6 Å². The number of fused-ring (bicyclic) bond motifs is 1. The van der Waals surface area contributed by atoms with Gasteiger partial charge in [-0.3, -0.25) is 19.4 Å². The Kier molecular flexibility index (Phi) is 10.2. The van der Waals surface area contributed by atoms with Crippen LogP contribution in [0.3, 0.4) is 0 Å². The van der Waals surface area contributed by atoms with Gasteiger partial charge in [-0.1, -0.05) is 18.2 Å². The molecule has 1 fully saturated rings. The molecule has 14 heteroatoms. The van der Waals surface area contributed by atoms with Crippen molar-refractivity contribution in [1.29, 1.82) is 0 Å². The number of aliphatic imine (C=N–C) groups is 1. The number of nitrogens with one attached hydrogen (secondary N) is 3. The molecule has 212 valence electrons. The van der Waals surface area contributed by atoms with E-state index in [4.69, 9.17) is 22.3 Å². The highest BCUT2D eigenvalue weighted by atomic mass is 16.4. The lowest BCUT2D eigenvalue weighted by Gasteiger charge is -2.28. The summed E-state index contributed by atoms with van der Waals surface area (Å²) in [6.45, 7) is -0.304. The molecule has 0 bridgehead atoms. The van der Waals surface area contributed by atoms with Gasteiger partial charge in [0.05, 0.1) is 12.6 Å². The van der Waals surface area contributed by atoms with Crippen LogP contribution >= 0.6 is 0 Å². The molecule has 3 rings (SSSR count). The summed E-state index contributed by atoms with van der Waals surface area (Å²) in [4.78, 5) is 59.0. The Balaban J connectivity index is 1.68. The van der Waals surface area contributed by atoms with Crippen molar-refractivity contribution < 1.29 is 29.4 Å². The second kappa shape index (κ2) is 13.6. The maximum absolute atomic E-state index is 13.3. The number of carbonyl (C=O) groups excluding carboxylic acids is 3. The zero-order valence-electron chi connectivity index (χ0n) is 21.5. The standard InChI is InChI=1S/C25H36N8O6/c26-16(11-14-12-30-17-6-2-1-5-15(14)17)23(37)33-10-4-8-20(33)22(36)31-18(7-3-9-29-25(27)28)21(35)32-19(13-34)24(38)39/h1-2,5-6,12,16,18-20,30,34H,3-4,7-11,13,26H2,(H,31,36)(H,32,35)(H,38,39)(H4,27,28,29). The Labute approximate surface area is 225 Å². The van der Waals surface area contributed by atoms with E-state index < -0.39 is 48.6 Å². The van der Waals surface area contributed by atoms with E-state index in [0.717, 1.165) is 16.5 Å². The van der Waals surface area contributed by atoms with Crippen LogP contribution in [-0.2, 0) is 25.6 Å². The van der Waals surface area contributed by atoms with Crippen molar-refractivity contribution in [2.45, 2.75) is 56.3 Å². The monoisotopic (exact) mass is 544 g/mol. The average molecular weight is 545 g/mol. The fourth-order valence-corrected chi connectivity index (χ4v) is 4.64. The number of carbonyl (C=O) groups is 4. The summed E-state index contributed by atoms with van der Waals surface area (Å²) >= 11 is 0. The minimum Gasteiger partial charge on any atom is -0.480 e. The van der Waals surface area contributed by atoms with Crippen LogP contribution in [0.1, 0.15) is 31.2 Å². The number of guanidine groups is 1. The Morgan fingerprint density at radius 2 is 1.90 bits per heavy atom. The molecule has 11 N–H and O–H groups in total. The number of benzene rings is 1. The minimum absolute atomic E-state index is 0.0901. The largest absolute Gasteiger partial charge is 0.480 e. The summed E-state index contributed by atoms with van der Waals surface area (Å²) < 4.78 is 0. The molecular weight excluding hydrogens is 508 g/mol. The molecule has 39 heavy (non-hydrogen) atoms. The molecule has 0 saturated carbocycles. The van der Waals surface area contributed by atoms with Gasteiger partial charge in [0.2, 0.25) is 17.7 Å². The van der Waals surface area contributed by atoms with Gasteiger partial charge in [0.1, 0.15) is 18.1 Å². The first-order valence-electron chi connectivity index (χ1n) is 12.7. The zero-order valence-corrected chi connectivity index (χ0v) is 21.5. The first-order chi connectivity index (χ1) is 18.6. The van der Waals surface area contributed by atoms with Gasteiger partial charge in [-0.2, -0.15) is 0 Å². The molecule has 4 unspecified atom stereocenters. The molecule has 14 nitrogen and oxygen atoms in total. The van der Waals surface area contributed by atoms with Gasteiger partial charge in [-0.15, -0.1) is 0 Å². The predicted molar refractivity (Wildman–Crippen MR) is 143 cm³/mol. The number of rotatable bonds is 13. The topological polar surface area (TPSA) is 242 Å². The van der Waals surface area contributed by atoms with Crippen LogP contribution in [0.2, 0.25) is 0 Å². The number of carboxylic acid groups (broad SMARTS) is 1. The van der Waals surface area contributed by atoms with Crippen molar-refractivity contribution in [2.75, 3.05) is 19.7 Å². The van der Waals surface area contributed by atoms with Gasteiger partial charge < -0.3 is 47.9 Å². The number of nitrogens with zero attached hydrogens (tertiary/aromatic N) is 2. The third-order valence-corrected chi connectivity index (χ3v) is 6.65. The number of hydrogen-bond donors (Lipinski definition) is 8. The molecule has 3 amide bonds. The Morgan fingerprint density at radius 1 is 1.15 bits per heavy atom. The minimum atomic E-state index is -1.54. The highest BCUT2D eigenvalue weighted by Crippen LogP contribution is 2.22. The lowest BCUT2D eigenvalue weighted by atomic mass is 10.0. The summed E-state index contributed by atoms with van der Waals surface area (Å²) in [5.41, 5.74) is 18.8. The summed E-state index contributed by atoms with van der Waals surface area (Å²) in [7, 11) is 0. The van der Waals surface area contributed by atoms with Crippen LogP contribution in [0.5, 0.6) is 0 Å². The van der Waals surface area contributed by atoms with Crippen molar-refractivity contribution in [3.8, 4) is 0 Å². The quantitative estimate of drug-likeness (QED) is 0.0798. The molecular formula is C25H36N8O6. The molecule has 0 radical (unpaired) electrons. The summed E-state index contributed by atoms with van der Waals surface area (Å²) in [6.07, 6.45) is 3.45. The van der Waals surface area contributed by atoms with Crippen molar-refractivity contribution in [3.63, 3.8) is 0 Å². The number of aromatic amines is 1. The fourth-order valence-electron chi connectivity index (χ4n) is 4.64. The molecule has 2 heterocycles. The fraction of sp³-hybridized carbons (Fsp3) is 0.480. The third-order valence-electron chi connectivity index (χ3n) is 6.65. The summed E-state index contributed by atoms with van der Waals surface area (Å²) in [5, 5.41) is 24.2. The van der Waals surface area contributed by atoms with E-state index in [9.17, 15) is 24.3 Å². The number of aromatic nitrogens is 1. The first-order valence-corrected chi connectivity index (χ1v) is 12.7. The highest BCUT2D eigenvalue weighted by molar-refractivity contribution is 5.94. The second-order valence-electron chi connectivity index (χ2n) is 9.45. The Bertz CT molecular complexity index is 1210. The number of H-pyrrole nitrogens is 1. The van der Waals surface area contributed by atoms with Crippen molar-refractivity contribution >= 4 is 40.6 Å². The number of aliphatic hydroxyl groups is 1. The molecule has 2 aromatic rings. The highest BCUT2D eigenvalue weighted by Gasteiger charge is 2.38. The maximum Gasteiger partial charge on any atom is 0.328 e. The number of nitrogens with two attached hydrogens (primary N) is 3. The van der Waals surface area contributed by atoms with E-state index in [1.165, 1.54) is 4.90 Å². The zero-order chi connectivity index (χ0) is 28.5. The van der Waals surface area contributed by atoms with Gasteiger partial charge in [0.15, 0.2) is 5.96 Å². The Hall–Kier alpha value is -4.17. The van der Waals surface area contributed by atoms with E-state index in [0.29, 0.717) is 25.8 Å². The van der Waals surface area contributed by atoms with Gasteiger partial charge in [0.25, 0.3) is 0 Å². The number of amides is 3. The van der Waals surface area contributed by atoms with Gasteiger partial charge in [-0.05, 0) is 43.7 Å². The van der Waals surface area contributed by atoms with Crippen LogP contribution in [0.25, 0.3) is 10.9 Å². The molecule has 0 aliphatic carbocycles. The average Bonchev–Trinajstić information content (AvgIpc) is 3.56. The van der Waals surface area contributed by atoms with E-state index >= 15 is 0 Å². The van der Waals surface area contributed by atoms with Crippen LogP contribution in [0.15, 0.2) is 35.5 Å². The summed E-state index contributed by atoms with van der Waals surface area (Å²) in [5.74, 6) is -3.28. The SMILES string of the molecule is NC(N)=NCCCC(NC(=O)C1CCCN1C(=O)C(N)Cc1c[nH]c2ccccc12)C(=O)NC(CO)C(=O)O. The lowest BCUT2D eigenvalue weighted by molar-refractivity contribution is -0.144. The predicted octanol–water partition coefficient (Wildman–Crippen LogP) is -1.87. The number of para-hydroxylation sites is 1. The van der Waals surface area contributed by atoms with Crippen LogP contribution < -0.4 is 27.8 Å². The third kappa shape index (κ3) is 7.67. The van der Waals surface area contributed by atoms with E-state index in [1.807, 2.05) is 30.5 Å². The number of aliphatic carboxylic acids is 1. The van der Waals surface area contributed by atoms with E-state index in [-0.39, 0.29) is 31.3 Å². The van der Waals surface area contributed by atoms with Crippen LogP contribution in [0, 0.1) is 0 Å². The number of carboxylic acids is 1. The van der Waals surface area contributed by atoms with Crippen molar-refractivity contribution in [2.24, 2.45) is 22.2 Å². The normalized spacial score (nSPS) is 17.3. The maximum atomic E-state index is 13.3. The number of hydrogen-bond acceptors (Lipinski definition) is 7. The smallest absolute Gasteiger partial charge is 0.328 e. The van der Waals surface area contributed by atoms with Gasteiger partial charge >= 0.3 is 5.97 Å². The first kappa shape index (κ1) is 29.4. The van der Waals surface area contributed by atoms with Gasteiger partial charge in [-0.25, -0.2) is 4.79 Å². The van der Waals surface area contributed by atoms with E-state index in [1.54, 1.807) is 0 Å². The lowest BCUT2D eigenvalue weighted by Crippen LogP contribution is -2.57. The second-order valence-corrected chi connectivity index (χ2v) is 9.45. The van der Waals surface area contributed by atoms with Crippen molar-refractivity contribution in [3.05, 3.63) is 36.0 Å². The Morgan fingerprint density at radius 3 is 2.59 bits per heavy atom. The molecule has 1 aliphatic heterocycles. The van der Waals surface area contributed by atoms with Crippen LogP contribution in [-0.4, -0.2) is 93.6 Å². The van der Waals surface area contributed by atoms with Gasteiger partial charge in [0, 0.05) is 30.2 Å². The molecule has 1 aromatic carbocycles. The molecule has 1 saturated heterocycles. The number of aliphatic hydroxyl groups excluding tert-OH is 1.